The van der Waals surface area contributed by atoms with E-state index in [-0.39, 0.29) is 11.8 Å². The van der Waals surface area contributed by atoms with Crippen molar-refractivity contribution < 1.29 is 14.9 Å². The van der Waals surface area contributed by atoms with E-state index in [9.17, 15) is 10.2 Å². The van der Waals surface area contributed by atoms with Gasteiger partial charge < -0.3 is 19.8 Å². The molecule has 0 amide bonds. The number of hydrogen-bond donors (Lipinski definition) is 2. The normalized spacial score (nSPS) is 34.0. The van der Waals surface area contributed by atoms with Crippen molar-refractivity contribution in [2.75, 3.05) is 20.6 Å². The summed E-state index contributed by atoms with van der Waals surface area (Å²) in [6.45, 7) is 0.658. The molecule has 5 nitrogen and oxygen atoms in total. The second-order valence-electron chi connectivity index (χ2n) is 7.02. The average Bonchev–Trinajstić information content (AvgIpc) is 2.98. The van der Waals surface area contributed by atoms with Crippen molar-refractivity contribution in [2.24, 2.45) is 5.92 Å². The maximum absolute atomic E-state index is 11.4. The van der Waals surface area contributed by atoms with Crippen LogP contribution in [0.2, 0.25) is 0 Å². The van der Waals surface area contributed by atoms with Gasteiger partial charge in [0.15, 0.2) is 5.60 Å². The van der Waals surface area contributed by atoms with E-state index < -0.39 is 17.8 Å². The van der Waals surface area contributed by atoms with Crippen molar-refractivity contribution in [3.05, 3.63) is 59.9 Å². The van der Waals surface area contributed by atoms with Crippen LogP contribution in [0.25, 0.3) is 0 Å². The Hall–Kier alpha value is -1.95. The lowest BCUT2D eigenvalue weighted by Crippen LogP contribution is -2.44. The molecule has 126 valence electrons. The topological polar surface area (TPSA) is 65.8 Å². The fraction of sp³-hybridized carbons (Fsp3) is 0.421. The first-order valence-electron chi connectivity index (χ1n) is 8.25. The van der Waals surface area contributed by atoms with Crippen molar-refractivity contribution in [3.63, 3.8) is 0 Å². The van der Waals surface area contributed by atoms with Crippen LogP contribution in [0.15, 0.2) is 48.7 Å². The predicted molar refractivity (Wildman–Crippen MR) is 89.8 cm³/mol. The van der Waals surface area contributed by atoms with Crippen molar-refractivity contribution >= 4 is 0 Å². The second-order valence-corrected chi connectivity index (χ2v) is 7.02. The molecular weight excluding hydrogens is 304 g/mol. The van der Waals surface area contributed by atoms with E-state index in [4.69, 9.17) is 4.74 Å². The highest BCUT2D eigenvalue weighted by molar-refractivity contribution is 5.44. The summed E-state index contributed by atoms with van der Waals surface area (Å²) in [5.74, 6) is 0.309. The molecule has 5 atom stereocenters. The third kappa shape index (κ3) is 2.09. The lowest BCUT2D eigenvalue weighted by atomic mass is 9.86. The number of rotatable bonds is 3. The Balaban J connectivity index is 1.83. The molecule has 0 saturated heterocycles. The van der Waals surface area contributed by atoms with Gasteiger partial charge in [-0.2, -0.15) is 0 Å². The minimum atomic E-state index is -1.47. The zero-order valence-corrected chi connectivity index (χ0v) is 13.8. The molecule has 0 radical (unpaired) electrons. The zero-order valence-electron chi connectivity index (χ0n) is 13.8. The van der Waals surface area contributed by atoms with Gasteiger partial charge in [0.25, 0.3) is 0 Å². The summed E-state index contributed by atoms with van der Waals surface area (Å²) >= 11 is 0. The van der Waals surface area contributed by atoms with Crippen LogP contribution in [0, 0.1) is 5.92 Å². The third-order valence-corrected chi connectivity index (χ3v) is 5.24. The second kappa shape index (κ2) is 5.55. The van der Waals surface area contributed by atoms with Gasteiger partial charge in [0, 0.05) is 24.6 Å². The zero-order chi connectivity index (χ0) is 16.9. The van der Waals surface area contributed by atoms with E-state index in [2.05, 4.69) is 4.98 Å². The molecule has 1 aliphatic heterocycles. The standard InChI is InChI=1S/C19H22N2O3/c1-21(2)11-13-15(12-7-4-3-5-8-12)18-19(23,17(13)22)16-14(24-18)9-6-10-20-16/h3-10,13,15,17-18,22-23H,11H2,1-2H3. The number of aromatic nitrogens is 1. The number of benzene rings is 1. The van der Waals surface area contributed by atoms with Crippen molar-refractivity contribution in [2.45, 2.75) is 23.7 Å². The largest absolute Gasteiger partial charge is 0.484 e. The van der Waals surface area contributed by atoms with E-state index >= 15 is 0 Å². The van der Waals surface area contributed by atoms with E-state index in [1.54, 1.807) is 18.3 Å². The first kappa shape index (κ1) is 15.6. The molecule has 2 aliphatic rings. The smallest absolute Gasteiger partial charge is 0.173 e. The van der Waals surface area contributed by atoms with Crippen LogP contribution >= 0.6 is 0 Å². The van der Waals surface area contributed by atoms with Gasteiger partial charge in [-0.05, 0) is 31.8 Å². The molecule has 2 aromatic rings. The highest BCUT2D eigenvalue weighted by Gasteiger charge is 2.66. The molecule has 1 aromatic carbocycles. The summed E-state index contributed by atoms with van der Waals surface area (Å²) in [7, 11) is 3.94. The van der Waals surface area contributed by atoms with Crippen molar-refractivity contribution in [3.8, 4) is 5.75 Å². The lowest BCUT2D eigenvalue weighted by Gasteiger charge is -2.28. The van der Waals surface area contributed by atoms with Gasteiger partial charge in [-0.3, -0.25) is 4.98 Å². The van der Waals surface area contributed by atoms with Gasteiger partial charge in [0.1, 0.15) is 17.5 Å². The van der Waals surface area contributed by atoms with Crippen molar-refractivity contribution in [1.82, 2.24) is 9.88 Å². The van der Waals surface area contributed by atoms with Crippen LogP contribution < -0.4 is 4.74 Å². The number of aliphatic hydroxyl groups is 2. The number of ether oxygens (including phenoxy) is 1. The molecule has 2 heterocycles. The molecule has 24 heavy (non-hydrogen) atoms. The van der Waals surface area contributed by atoms with Crippen LogP contribution in [-0.4, -0.2) is 52.9 Å². The molecular formula is C19H22N2O3. The maximum atomic E-state index is 11.4. The Bertz CT molecular complexity index is 736. The fourth-order valence-electron chi connectivity index (χ4n) is 4.28. The first-order valence-corrected chi connectivity index (χ1v) is 8.25. The number of fused-ring (bicyclic) bond motifs is 3. The SMILES string of the molecule is CN(C)CC1C(c2ccccc2)C2Oc3cccnc3C2(O)C1O. The molecule has 1 saturated carbocycles. The predicted octanol–water partition coefficient (Wildman–Crippen LogP) is 1.37. The van der Waals surface area contributed by atoms with Crippen LogP contribution in [0.3, 0.4) is 0 Å². The summed E-state index contributed by atoms with van der Waals surface area (Å²) in [6.07, 6.45) is 0.155. The molecule has 5 heteroatoms. The fourth-order valence-corrected chi connectivity index (χ4v) is 4.28. The van der Waals surface area contributed by atoms with E-state index in [0.717, 1.165) is 5.56 Å². The summed E-state index contributed by atoms with van der Waals surface area (Å²) in [5.41, 5.74) is 0.0411. The van der Waals surface area contributed by atoms with Gasteiger partial charge in [0.05, 0.1) is 6.10 Å². The molecule has 0 spiro atoms. The molecule has 1 aliphatic carbocycles. The summed E-state index contributed by atoms with van der Waals surface area (Å²) < 4.78 is 6.09. The molecule has 5 unspecified atom stereocenters. The van der Waals surface area contributed by atoms with Crippen LogP contribution in [0.5, 0.6) is 5.75 Å². The minimum absolute atomic E-state index is 0.109. The van der Waals surface area contributed by atoms with Crippen LogP contribution in [0.4, 0.5) is 0 Å². The van der Waals surface area contributed by atoms with Crippen LogP contribution in [0.1, 0.15) is 17.2 Å². The number of hydrogen-bond acceptors (Lipinski definition) is 5. The van der Waals surface area contributed by atoms with E-state index in [0.29, 0.717) is 18.0 Å². The Morgan fingerprint density at radius 2 is 1.92 bits per heavy atom. The Labute approximate surface area is 141 Å². The monoisotopic (exact) mass is 326 g/mol. The first-order chi connectivity index (χ1) is 11.5. The third-order valence-electron chi connectivity index (χ3n) is 5.24. The van der Waals surface area contributed by atoms with Gasteiger partial charge in [-0.15, -0.1) is 0 Å². The van der Waals surface area contributed by atoms with E-state index in [1.807, 2.05) is 49.3 Å². The number of nitrogens with zero attached hydrogens (tertiary/aromatic N) is 2. The summed E-state index contributed by atoms with van der Waals surface area (Å²) in [5, 5.41) is 22.5. The van der Waals surface area contributed by atoms with Gasteiger partial charge in [-0.1, -0.05) is 30.3 Å². The quantitative estimate of drug-likeness (QED) is 0.892. The Kier molecular flexibility index (Phi) is 3.60. The maximum Gasteiger partial charge on any atom is 0.173 e. The Morgan fingerprint density at radius 3 is 2.62 bits per heavy atom. The van der Waals surface area contributed by atoms with Gasteiger partial charge in [0.2, 0.25) is 0 Å². The lowest BCUT2D eigenvalue weighted by molar-refractivity contribution is -0.102. The molecule has 0 bridgehead atoms. The average molecular weight is 326 g/mol. The summed E-state index contributed by atoms with van der Waals surface area (Å²) in [4.78, 5) is 6.35. The van der Waals surface area contributed by atoms with E-state index in [1.165, 1.54) is 0 Å². The number of pyridine rings is 1. The van der Waals surface area contributed by atoms with Crippen molar-refractivity contribution in [1.29, 1.82) is 0 Å². The van der Waals surface area contributed by atoms with Gasteiger partial charge in [-0.25, -0.2) is 0 Å². The summed E-state index contributed by atoms with van der Waals surface area (Å²) in [6, 6.07) is 13.6. The van der Waals surface area contributed by atoms with Gasteiger partial charge >= 0.3 is 0 Å². The minimum Gasteiger partial charge on any atom is -0.484 e. The molecule has 1 fully saturated rings. The molecule has 2 N–H and O–H groups in total. The number of aliphatic hydroxyl groups excluding tert-OH is 1. The highest BCUT2D eigenvalue weighted by Crippen LogP contribution is 2.57. The Morgan fingerprint density at radius 1 is 1.17 bits per heavy atom. The highest BCUT2D eigenvalue weighted by atomic mass is 16.5. The molecule has 1 aromatic heterocycles. The van der Waals surface area contributed by atoms with Crippen LogP contribution in [-0.2, 0) is 5.60 Å². The molecule has 4 rings (SSSR count).